The number of amides is 1. The smallest absolute Gasteiger partial charge is 0.242 e. The van der Waals surface area contributed by atoms with Crippen LogP contribution in [0.5, 0.6) is 5.75 Å². The highest BCUT2D eigenvalue weighted by Crippen LogP contribution is 2.44. The largest absolute Gasteiger partial charge is 0.497 e. The van der Waals surface area contributed by atoms with Gasteiger partial charge in [0, 0.05) is 11.2 Å². The van der Waals surface area contributed by atoms with Crippen LogP contribution in [0.25, 0.3) is 0 Å². The molecule has 1 aliphatic heterocycles. The first-order valence-corrected chi connectivity index (χ1v) is 7.01. The molecule has 2 rings (SSSR count). The number of carbonyl (C=O) groups is 1. The van der Waals surface area contributed by atoms with Crippen LogP contribution in [-0.4, -0.2) is 24.4 Å². The first-order valence-electron chi connectivity index (χ1n) is 6.47. The molecule has 1 amide bonds. The van der Waals surface area contributed by atoms with Crippen molar-refractivity contribution in [3.05, 3.63) is 23.8 Å². The van der Waals surface area contributed by atoms with Crippen LogP contribution in [0.15, 0.2) is 18.2 Å². The Hall–Kier alpha value is -1.22. The van der Waals surface area contributed by atoms with Crippen LogP contribution in [0.3, 0.4) is 0 Å². The predicted octanol–water partition coefficient (Wildman–Crippen LogP) is 3.55. The molecule has 104 valence electrons. The molecule has 19 heavy (non-hydrogen) atoms. The summed E-state index contributed by atoms with van der Waals surface area (Å²) in [5, 5.41) is 0. The normalized spacial score (nSPS) is 20.9. The van der Waals surface area contributed by atoms with Crippen molar-refractivity contribution in [2.24, 2.45) is 0 Å². The van der Waals surface area contributed by atoms with E-state index in [2.05, 4.69) is 20.8 Å². The summed E-state index contributed by atoms with van der Waals surface area (Å²) in [6.07, 6.45) is 0.912. The van der Waals surface area contributed by atoms with Crippen molar-refractivity contribution in [3.8, 4) is 5.75 Å². The van der Waals surface area contributed by atoms with Gasteiger partial charge in [0.25, 0.3) is 0 Å². The zero-order valence-corrected chi connectivity index (χ0v) is 12.6. The number of fused-ring (bicyclic) bond motifs is 1. The number of rotatable bonds is 2. The molecule has 0 fully saturated rings. The van der Waals surface area contributed by atoms with E-state index in [4.69, 9.17) is 16.3 Å². The maximum absolute atomic E-state index is 12.2. The van der Waals surface area contributed by atoms with Gasteiger partial charge in [-0.15, -0.1) is 11.6 Å². The van der Waals surface area contributed by atoms with E-state index in [0.717, 1.165) is 23.4 Å². The quantitative estimate of drug-likeness (QED) is 0.776. The summed E-state index contributed by atoms with van der Waals surface area (Å²) in [5.74, 6) is 1.16. The lowest BCUT2D eigenvalue weighted by molar-refractivity contribution is -0.117. The zero-order valence-electron chi connectivity index (χ0n) is 11.9. The van der Waals surface area contributed by atoms with E-state index in [1.54, 1.807) is 7.11 Å². The molecule has 1 atom stereocenters. The first-order chi connectivity index (χ1) is 8.90. The molecule has 1 unspecified atom stereocenters. The van der Waals surface area contributed by atoms with E-state index in [1.807, 2.05) is 23.1 Å². The highest BCUT2D eigenvalue weighted by Gasteiger charge is 2.39. The minimum atomic E-state index is -0.215. The lowest BCUT2D eigenvalue weighted by Crippen LogP contribution is -2.52. The van der Waals surface area contributed by atoms with Gasteiger partial charge in [0.1, 0.15) is 11.6 Å². The second-order valence-electron chi connectivity index (χ2n) is 5.71. The topological polar surface area (TPSA) is 29.5 Å². The molecule has 0 aliphatic carbocycles. The number of anilines is 1. The Bertz CT molecular complexity index is 499. The first kappa shape index (κ1) is 14.2. The van der Waals surface area contributed by atoms with Crippen molar-refractivity contribution in [2.75, 3.05) is 17.9 Å². The molecule has 3 nitrogen and oxygen atoms in total. The molecule has 0 saturated heterocycles. The Labute approximate surface area is 119 Å². The van der Waals surface area contributed by atoms with Gasteiger partial charge in [0.15, 0.2) is 0 Å². The summed E-state index contributed by atoms with van der Waals surface area (Å²) < 4.78 is 5.27. The van der Waals surface area contributed by atoms with E-state index in [9.17, 15) is 4.79 Å². The fourth-order valence-electron chi connectivity index (χ4n) is 3.07. The van der Waals surface area contributed by atoms with E-state index in [1.165, 1.54) is 0 Å². The summed E-state index contributed by atoms with van der Waals surface area (Å²) >= 11 is 5.76. The third-order valence-corrected chi connectivity index (χ3v) is 4.01. The second-order valence-corrected chi connectivity index (χ2v) is 5.97. The van der Waals surface area contributed by atoms with E-state index >= 15 is 0 Å². The van der Waals surface area contributed by atoms with Crippen LogP contribution in [-0.2, 0) is 4.79 Å². The van der Waals surface area contributed by atoms with Crippen LogP contribution in [0.1, 0.15) is 38.7 Å². The number of methoxy groups -OCH3 is 1. The van der Waals surface area contributed by atoms with E-state index in [-0.39, 0.29) is 17.3 Å². The highest BCUT2D eigenvalue weighted by atomic mass is 35.5. The summed E-state index contributed by atoms with van der Waals surface area (Å²) in [5.41, 5.74) is 1.89. The lowest BCUT2D eigenvalue weighted by atomic mass is 9.80. The van der Waals surface area contributed by atoms with Crippen molar-refractivity contribution in [1.82, 2.24) is 0 Å². The zero-order chi connectivity index (χ0) is 14.2. The molecular formula is C15H20ClNO2. The monoisotopic (exact) mass is 281 g/mol. The van der Waals surface area contributed by atoms with Crippen molar-refractivity contribution in [3.63, 3.8) is 0 Å². The van der Waals surface area contributed by atoms with Crippen LogP contribution < -0.4 is 9.64 Å². The molecule has 1 aromatic carbocycles. The maximum atomic E-state index is 12.2. The molecule has 0 bridgehead atoms. The Morgan fingerprint density at radius 2 is 2.21 bits per heavy atom. The minimum absolute atomic E-state index is 0.00325. The van der Waals surface area contributed by atoms with Gasteiger partial charge >= 0.3 is 0 Å². The number of ether oxygens (including phenoxy) is 1. The molecule has 0 saturated carbocycles. The van der Waals surface area contributed by atoms with Crippen LogP contribution in [0.4, 0.5) is 5.69 Å². The van der Waals surface area contributed by atoms with Crippen LogP contribution >= 0.6 is 11.6 Å². The number of nitrogens with zero attached hydrogens (tertiary/aromatic N) is 1. The van der Waals surface area contributed by atoms with Gasteiger partial charge < -0.3 is 9.64 Å². The Morgan fingerprint density at radius 3 is 2.79 bits per heavy atom. The standard InChI is InChI=1S/C15H20ClNO2/c1-10-8-15(2,3)17(14(18)9-16)13-6-5-11(19-4)7-12(10)13/h5-7,10H,8-9H2,1-4H3. The Kier molecular flexibility index (Phi) is 3.77. The van der Waals surface area contributed by atoms with Gasteiger partial charge in [-0.25, -0.2) is 0 Å². The molecule has 1 aliphatic rings. The molecule has 0 spiro atoms. The fraction of sp³-hybridized carbons (Fsp3) is 0.533. The minimum Gasteiger partial charge on any atom is -0.497 e. The third kappa shape index (κ3) is 2.44. The Morgan fingerprint density at radius 1 is 1.53 bits per heavy atom. The second kappa shape index (κ2) is 5.04. The van der Waals surface area contributed by atoms with Gasteiger partial charge in [-0.1, -0.05) is 6.92 Å². The van der Waals surface area contributed by atoms with Gasteiger partial charge in [-0.2, -0.15) is 0 Å². The van der Waals surface area contributed by atoms with Gasteiger partial charge in [0.2, 0.25) is 5.91 Å². The van der Waals surface area contributed by atoms with Crippen molar-refractivity contribution < 1.29 is 9.53 Å². The molecule has 0 radical (unpaired) electrons. The molecular weight excluding hydrogens is 262 g/mol. The number of carbonyl (C=O) groups excluding carboxylic acids is 1. The number of benzene rings is 1. The molecule has 4 heteroatoms. The molecule has 0 N–H and O–H groups in total. The number of hydrogen-bond donors (Lipinski definition) is 0. The number of hydrogen-bond acceptors (Lipinski definition) is 2. The summed E-state index contributed by atoms with van der Waals surface area (Å²) in [6, 6.07) is 5.86. The molecule has 1 aromatic rings. The number of alkyl halides is 1. The number of halogens is 1. The highest BCUT2D eigenvalue weighted by molar-refractivity contribution is 6.29. The summed E-state index contributed by atoms with van der Waals surface area (Å²) in [4.78, 5) is 14.0. The van der Waals surface area contributed by atoms with E-state index < -0.39 is 0 Å². The third-order valence-electron chi connectivity index (χ3n) is 3.78. The average molecular weight is 282 g/mol. The van der Waals surface area contributed by atoms with E-state index in [0.29, 0.717) is 5.92 Å². The van der Waals surface area contributed by atoms with Crippen LogP contribution in [0, 0.1) is 0 Å². The van der Waals surface area contributed by atoms with Crippen molar-refractivity contribution >= 4 is 23.2 Å². The van der Waals surface area contributed by atoms with Gasteiger partial charge in [-0.05, 0) is 49.9 Å². The lowest BCUT2D eigenvalue weighted by Gasteiger charge is -2.45. The Balaban J connectivity index is 2.56. The van der Waals surface area contributed by atoms with Gasteiger partial charge in [-0.3, -0.25) is 4.79 Å². The predicted molar refractivity (Wildman–Crippen MR) is 78.3 cm³/mol. The average Bonchev–Trinajstić information content (AvgIpc) is 2.37. The molecule has 1 heterocycles. The maximum Gasteiger partial charge on any atom is 0.242 e. The summed E-state index contributed by atoms with van der Waals surface area (Å²) in [6.45, 7) is 6.35. The molecule has 0 aromatic heterocycles. The van der Waals surface area contributed by atoms with Crippen LogP contribution in [0.2, 0.25) is 0 Å². The summed E-state index contributed by atoms with van der Waals surface area (Å²) in [7, 11) is 1.65. The van der Waals surface area contributed by atoms with Crippen molar-refractivity contribution in [2.45, 2.75) is 38.6 Å². The van der Waals surface area contributed by atoms with Crippen molar-refractivity contribution in [1.29, 1.82) is 0 Å². The fourth-order valence-corrected chi connectivity index (χ4v) is 3.19. The van der Waals surface area contributed by atoms with Gasteiger partial charge in [0.05, 0.1) is 7.11 Å². The SMILES string of the molecule is COc1ccc2c(c1)C(C)CC(C)(C)N2C(=O)CCl.